The van der Waals surface area contributed by atoms with Gasteiger partial charge in [-0.15, -0.1) is 0 Å². The van der Waals surface area contributed by atoms with Crippen molar-refractivity contribution < 1.29 is 23.8 Å². The molecule has 0 N–H and O–H groups in total. The summed E-state index contributed by atoms with van der Waals surface area (Å²) in [4.78, 5) is 24.8. The maximum Gasteiger partial charge on any atom is 0.342 e. The molecule has 0 radical (unpaired) electrons. The molecule has 0 aliphatic heterocycles. The van der Waals surface area contributed by atoms with Crippen LogP contribution < -0.4 is 9.47 Å². The molecule has 0 aliphatic carbocycles. The van der Waals surface area contributed by atoms with Gasteiger partial charge in [0, 0.05) is 11.6 Å². The molecule has 0 heterocycles. The van der Waals surface area contributed by atoms with Crippen molar-refractivity contribution in [2.75, 3.05) is 14.2 Å². The largest absolute Gasteiger partial charge is 0.497 e. The highest BCUT2D eigenvalue weighted by Gasteiger charge is 2.22. The molecule has 25 heavy (non-hydrogen) atoms. The monoisotopic (exact) mass is 342 g/mol. The highest BCUT2D eigenvalue weighted by atomic mass is 16.5. The summed E-state index contributed by atoms with van der Waals surface area (Å²) in [5, 5.41) is 0. The van der Waals surface area contributed by atoms with Crippen LogP contribution in [0.15, 0.2) is 42.5 Å². The average Bonchev–Trinajstić information content (AvgIpc) is 2.66. The number of ether oxygens (including phenoxy) is 3. The Bertz CT molecular complexity index is 749. The number of esters is 1. The topological polar surface area (TPSA) is 61.8 Å². The summed E-state index contributed by atoms with van der Waals surface area (Å²) in [5.41, 5.74) is 1.90. The number of carbonyl (C=O) groups excluding carboxylic acids is 2. The standard InChI is InChI=1S/C20H22O5/c1-5-14-6-8-15(9-7-14)19(21)13(2)25-20(22)17-11-10-16(23-3)12-18(17)24-4/h6-13H,5H2,1-4H3. The Balaban J connectivity index is 2.12. The predicted molar refractivity (Wildman–Crippen MR) is 94.6 cm³/mol. The summed E-state index contributed by atoms with van der Waals surface area (Å²) >= 11 is 0. The van der Waals surface area contributed by atoms with Gasteiger partial charge in [0.15, 0.2) is 6.10 Å². The molecule has 5 heteroatoms. The Labute approximate surface area is 147 Å². The summed E-state index contributed by atoms with van der Waals surface area (Å²) in [5.74, 6) is 0.0267. The van der Waals surface area contributed by atoms with Gasteiger partial charge >= 0.3 is 5.97 Å². The van der Waals surface area contributed by atoms with E-state index in [9.17, 15) is 9.59 Å². The number of methoxy groups -OCH3 is 2. The third-order valence-electron chi connectivity index (χ3n) is 3.93. The molecule has 1 atom stereocenters. The third-order valence-corrected chi connectivity index (χ3v) is 3.93. The van der Waals surface area contributed by atoms with Crippen LogP contribution in [0.1, 0.15) is 40.1 Å². The molecule has 0 amide bonds. The summed E-state index contributed by atoms with van der Waals surface area (Å²) < 4.78 is 15.6. The second-order valence-corrected chi connectivity index (χ2v) is 5.53. The minimum Gasteiger partial charge on any atom is -0.497 e. The highest BCUT2D eigenvalue weighted by Crippen LogP contribution is 2.25. The predicted octanol–water partition coefficient (Wildman–Crippen LogP) is 3.69. The molecule has 0 aromatic heterocycles. The number of hydrogen-bond acceptors (Lipinski definition) is 5. The first kappa shape index (κ1) is 18.5. The maximum atomic E-state index is 12.4. The van der Waals surface area contributed by atoms with Gasteiger partial charge in [0.2, 0.25) is 5.78 Å². The van der Waals surface area contributed by atoms with Crippen LogP contribution in [-0.4, -0.2) is 32.1 Å². The van der Waals surface area contributed by atoms with Gasteiger partial charge in [-0.1, -0.05) is 31.2 Å². The van der Waals surface area contributed by atoms with Crippen LogP contribution in [0.5, 0.6) is 11.5 Å². The first-order valence-electron chi connectivity index (χ1n) is 8.06. The molecule has 0 saturated heterocycles. The zero-order chi connectivity index (χ0) is 18.4. The Kier molecular flexibility index (Phi) is 6.17. The summed E-state index contributed by atoms with van der Waals surface area (Å²) in [7, 11) is 2.98. The van der Waals surface area contributed by atoms with Crippen molar-refractivity contribution in [1.29, 1.82) is 0 Å². The van der Waals surface area contributed by atoms with E-state index in [0.29, 0.717) is 17.1 Å². The normalized spacial score (nSPS) is 11.5. The fourth-order valence-corrected chi connectivity index (χ4v) is 2.38. The van der Waals surface area contributed by atoms with Gasteiger partial charge in [-0.05, 0) is 31.0 Å². The lowest BCUT2D eigenvalue weighted by Crippen LogP contribution is -2.24. The lowest BCUT2D eigenvalue weighted by Gasteiger charge is -2.14. The first-order valence-corrected chi connectivity index (χ1v) is 8.06. The fraction of sp³-hybridized carbons (Fsp3) is 0.300. The van der Waals surface area contributed by atoms with Gasteiger partial charge in [0.05, 0.1) is 14.2 Å². The first-order chi connectivity index (χ1) is 12.0. The number of hydrogen-bond donors (Lipinski definition) is 0. The summed E-state index contributed by atoms with van der Waals surface area (Å²) in [6.45, 7) is 3.60. The van der Waals surface area contributed by atoms with Gasteiger partial charge in [0.25, 0.3) is 0 Å². The Morgan fingerprint density at radius 3 is 2.24 bits per heavy atom. The zero-order valence-corrected chi connectivity index (χ0v) is 14.9. The molecule has 1 unspecified atom stereocenters. The number of Topliss-reactive ketones (excluding diaryl/α,β-unsaturated/α-hetero) is 1. The van der Waals surface area contributed by atoms with Crippen molar-refractivity contribution in [3.8, 4) is 11.5 Å². The molecule has 132 valence electrons. The average molecular weight is 342 g/mol. The summed E-state index contributed by atoms with van der Waals surface area (Å²) in [6.07, 6.45) is 0.00259. The van der Waals surface area contributed by atoms with E-state index in [1.807, 2.05) is 19.1 Å². The number of aryl methyl sites for hydroxylation is 1. The quantitative estimate of drug-likeness (QED) is 0.567. The lowest BCUT2D eigenvalue weighted by molar-refractivity contribution is 0.0316. The molecule has 0 fully saturated rings. The molecule has 0 spiro atoms. The molecular formula is C20H22O5. The minimum atomic E-state index is -0.896. The van der Waals surface area contributed by atoms with Crippen LogP contribution in [0.2, 0.25) is 0 Å². The van der Waals surface area contributed by atoms with E-state index < -0.39 is 12.1 Å². The van der Waals surface area contributed by atoms with Crippen LogP contribution in [0, 0.1) is 0 Å². The molecular weight excluding hydrogens is 320 g/mol. The second kappa shape index (κ2) is 8.33. The van der Waals surface area contributed by atoms with E-state index in [1.165, 1.54) is 14.2 Å². The second-order valence-electron chi connectivity index (χ2n) is 5.53. The molecule has 0 saturated carbocycles. The van der Waals surface area contributed by atoms with Gasteiger partial charge in [0.1, 0.15) is 17.1 Å². The number of carbonyl (C=O) groups is 2. The van der Waals surface area contributed by atoms with Crippen LogP contribution in [0.25, 0.3) is 0 Å². The molecule has 5 nitrogen and oxygen atoms in total. The van der Waals surface area contributed by atoms with Crippen molar-refractivity contribution in [2.24, 2.45) is 0 Å². The Hall–Kier alpha value is -2.82. The van der Waals surface area contributed by atoms with Crippen molar-refractivity contribution in [3.63, 3.8) is 0 Å². The van der Waals surface area contributed by atoms with Crippen LogP contribution in [0.3, 0.4) is 0 Å². The van der Waals surface area contributed by atoms with Gasteiger partial charge < -0.3 is 14.2 Å². The number of benzene rings is 2. The Morgan fingerprint density at radius 2 is 1.68 bits per heavy atom. The van der Waals surface area contributed by atoms with Crippen molar-refractivity contribution in [2.45, 2.75) is 26.4 Å². The van der Waals surface area contributed by atoms with Crippen LogP contribution >= 0.6 is 0 Å². The van der Waals surface area contributed by atoms with Crippen LogP contribution in [-0.2, 0) is 11.2 Å². The zero-order valence-electron chi connectivity index (χ0n) is 14.9. The molecule has 2 aromatic rings. The highest BCUT2D eigenvalue weighted by molar-refractivity contribution is 6.02. The van der Waals surface area contributed by atoms with Gasteiger partial charge in [-0.3, -0.25) is 4.79 Å². The van der Waals surface area contributed by atoms with E-state index in [2.05, 4.69) is 0 Å². The maximum absolute atomic E-state index is 12.4. The smallest absolute Gasteiger partial charge is 0.342 e. The van der Waals surface area contributed by atoms with E-state index >= 15 is 0 Å². The van der Waals surface area contributed by atoms with Gasteiger partial charge in [-0.2, -0.15) is 0 Å². The minimum absolute atomic E-state index is 0.240. The third kappa shape index (κ3) is 4.38. The van der Waals surface area contributed by atoms with Crippen molar-refractivity contribution in [1.82, 2.24) is 0 Å². The summed E-state index contributed by atoms with van der Waals surface area (Å²) in [6, 6.07) is 12.1. The molecule has 0 aliphatic rings. The lowest BCUT2D eigenvalue weighted by atomic mass is 10.0. The Morgan fingerprint density at radius 1 is 1.00 bits per heavy atom. The fourth-order valence-electron chi connectivity index (χ4n) is 2.38. The number of rotatable bonds is 7. The SMILES string of the molecule is CCc1ccc(C(=O)C(C)OC(=O)c2ccc(OC)cc2OC)cc1. The van der Waals surface area contributed by atoms with E-state index in [4.69, 9.17) is 14.2 Å². The van der Waals surface area contributed by atoms with E-state index in [0.717, 1.165) is 12.0 Å². The molecule has 2 aromatic carbocycles. The molecule has 2 rings (SSSR count). The van der Waals surface area contributed by atoms with E-state index in [-0.39, 0.29) is 11.3 Å². The number of ketones is 1. The molecule has 0 bridgehead atoms. The van der Waals surface area contributed by atoms with Crippen molar-refractivity contribution >= 4 is 11.8 Å². The van der Waals surface area contributed by atoms with Crippen molar-refractivity contribution in [3.05, 3.63) is 59.2 Å². The van der Waals surface area contributed by atoms with Crippen LogP contribution in [0.4, 0.5) is 0 Å². The van der Waals surface area contributed by atoms with E-state index in [1.54, 1.807) is 37.3 Å². The van der Waals surface area contributed by atoms with Gasteiger partial charge in [-0.25, -0.2) is 4.79 Å².